The van der Waals surface area contributed by atoms with Gasteiger partial charge in [-0.1, -0.05) is 62.4 Å². The SMILES string of the molecule is CCN(C(=O)c1cccc(NC(=S)NC(=O)C(C)c2ccc(CC(C)C)cc2)c1)c1ccccc1. The van der Waals surface area contributed by atoms with E-state index < -0.39 is 0 Å². The summed E-state index contributed by atoms with van der Waals surface area (Å²) in [6, 6.07) is 24.8. The molecule has 0 spiro atoms. The van der Waals surface area contributed by atoms with Crippen molar-refractivity contribution in [3.8, 4) is 0 Å². The zero-order chi connectivity index (χ0) is 25.4. The van der Waals surface area contributed by atoms with Crippen molar-refractivity contribution in [3.63, 3.8) is 0 Å². The third-order valence-electron chi connectivity index (χ3n) is 5.75. The molecule has 35 heavy (non-hydrogen) atoms. The molecule has 0 fully saturated rings. The summed E-state index contributed by atoms with van der Waals surface area (Å²) >= 11 is 5.37. The molecular formula is C29H33N3O2S. The minimum Gasteiger partial charge on any atom is -0.332 e. The first kappa shape index (κ1) is 26.1. The highest BCUT2D eigenvalue weighted by molar-refractivity contribution is 7.80. The van der Waals surface area contributed by atoms with Crippen molar-refractivity contribution in [2.45, 2.75) is 40.0 Å². The third kappa shape index (κ3) is 7.23. The van der Waals surface area contributed by atoms with Gasteiger partial charge in [0.05, 0.1) is 5.92 Å². The molecule has 2 amide bonds. The number of rotatable bonds is 8. The highest BCUT2D eigenvalue weighted by Gasteiger charge is 2.18. The number of hydrogen-bond acceptors (Lipinski definition) is 3. The summed E-state index contributed by atoms with van der Waals surface area (Å²) in [5.41, 5.74) is 4.20. The normalized spacial score (nSPS) is 11.6. The van der Waals surface area contributed by atoms with Crippen LogP contribution in [0.4, 0.5) is 11.4 Å². The molecule has 0 aromatic heterocycles. The van der Waals surface area contributed by atoms with Crippen molar-refractivity contribution in [1.29, 1.82) is 0 Å². The molecule has 0 aliphatic rings. The molecule has 3 rings (SSSR count). The predicted octanol–water partition coefficient (Wildman–Crippen LogP) is 6.17. The molecule has 0 saturated heterocycles. The van der Waals surface area contributed by atoms with Gasteiger partial charge in [0, 0.05) is 23.5 Å². The number of hydrogen-bond donors (Lipinski definition) is 2. The Morgan fingerprint density at radius 3 is 2.23 bits per heavy atom. The van der Waals surface area contributed by atoms with Gasteiger partial charge in [0.25, 0.3) is 5.91 Å². The average Bonchev–Trinajstić information content (AvgIpc) is 2.85. The van der Waals surface area contributed by atoms with Crippen LogP contribution >= 0.6 is 12.2 Å². The lowest BCUT2D eigenvalue weighted by Gasteiger charge is -2.21. The van der Waals surface area contributed by atoms with Crippen molar-refractivity contribution in [2.75, 3.05) is 16.8 Å². The fourth-order valence-electron chi connectivity index (χ4n) is 3.88. The largest absolute Gasteiger partial charge is 0.332 e. The van der Waals surface area contributed by atoms with Crippen molar-refractivity contribution >= 4 is 40.5 Å². The second-order valence-corrected chi connectivity index (χ2v) is 9.38. The molecule has 182 valence electrons. The zero-order valence-corrected chi connectivity index (χ0v) is 21.6. The first-order chi connectivity index (χ1) is 16.8. The number of amides is 2. The first-order valence-corrected chi connectivity index (χ1v) is 12.4. The van der Waals surface area contributed by atoms with E-state index in [9.17, 15) is 9.59 Å². The fourth-order valence-corrected chi connectivity index (χ4v) is 4.10. The summed E-state index contributed by atoms with van der Waals surface area (Å²) in [5.74, 6) is -0.0543. The Kier molecular flexibility index (Phi) is 9.15. The molecule has 0 aliphatic carbocycles. The lowest BCUT2D eigenvalue weighted by Crippen LogP contribution is -2.36. The third-order valence-corrected chi connectivity index (χ3v) is 5.95. The van der Waals surface area contributed by atoms with E-state index in [4.69, 9.17) is 12.2 Å². The lowest BCUT2D eigenvalue weighted by molar-refractivity contribution is -0.120. The second-order valence-electron chi connectivity index (χ2n) is 8.97. The first-order valence-electron chi connectivity index (χ1n) is 12.0. The number of carbonyl (C=O) groups is 2. The molecule has 3 aromatic rings. The topological polar surface area (TPSA) is 61.4 Å². The molecule has 0 radical (unpaired) electrons. The molecule has 5 nitrogen and oxygen atoms in total. The van der Waals surface area contributed by atoms with Gasteiger partial charge in [-0.3, -0.25) is 9.59 Å². The van der Waals surface area contributed by atoms with Crippen molar-refractivity contribution < 1.29 is 9.59 Å². The summed E-state index contributed by atoms with van der Waals surface area (Å²) in [5, 5.41) is 5.99. The smallest absolute Gasteiger partial charge is 0.258 e. The number of para-hydroxylation sites is 1. The second kappa shape index (κ2) is 12.3. The summed E-state index contributed by atoms with van der Waals surface area (Å²) in [7, 11) is 0. The van der Waals surface area contributed by atoms with E-state index in [0.29, 0.717) is 23.7 Å². The Morgan fingerprint density at radius 2 is 1.60 bits per heavy atom. The predicted molar refractivity (Wildman–Crippen MR) is 148 cm³/mol. The van der Waals surface area contributed by atoms with Gasteiger partial charge >= 0.3 is 0 Å². The van der Waals surface area contributed by atoms with Crippen LogP contribution in [0.2, 0.25) is 0 Å². The Labute approximate surface area is 213 Å². The molecule has 1 atom stereocenters. The lowest BCUT2D eigenvalue weighted by atomic mass is 9.96. The van der Waals surface area contributed by atoms with Crippen molar-refractivity contribution in [3.05, 3.63) is 95.6 Å². The van der Waals surface area contributed by atoms with E-state index in [1.54, 1.807) is 23.1 Å². The Hall–Kier alpha value is -3.51. The molecular weight excluding hydrogens is 454 g/mol. The number of benzene rings is 3. The molecule has 0 bridgehead atoms. The van der Waals surface area contributed by atoms with Crippen LogP contribution in [0.1, 0.15) is 55.1 Å². The van der Waals surface area contributed by atoms with Gasteiger partial charge in [0.15, 0.2) is 5.11 Å². The van der Waals surface area contributed by atoms with Crippen molar-refractivity contribution in [2.24, 2.45) is 5.92 Å². The van der Waals surface area contributed by atoms with E-state index in [1.807, 2.05) is 62.4 Å². The highest BCUT2D eigenvalue weighted by atomic mass is 32.1. The monoisotopic (exact) mass is 487 g/mol. The van der Waals surface area contributed by atoms with Crippen molar-refractivity contribution in [1.82, 2.24) is 5.32 Å². The van der Waals surface area contributed by atoms with Gasteiger partial charge in [-0.2, -0.15) is 0 Å². The average molecular weight is 488 g/mol. The van der Waals surface area contributed by atoms with Crippen LogP contribution in [0.3, 0.4) is 0 Å². The van der Waals surface area contributed by atoms with E-state index in [1.165, 1.54) is 5.56 Å². The minimum absolute atomic E-state index is 0.105. The van der Waals surface area contributed by atoms with Crippen LogP contribution in [0.25, 0.3) is 0 Å². The maximum Gasteiger partial charge on any atom is 0.258 e. The zero-order valence-electron chi connectivity index (χ0n) is 20.7. The molecule has 1 unspecified atom stereocenters. The van der Waals surface area contributed by atoms with Crippen LogP contribution in [-0.4, -0.2) is 23.5 Å². The number of carbonyl (C=O) groups excluding carboxylic acids is 2. The minimum atomic E-state index is -0.347. The highest BCUT2D eigenvalue weighted by Crippen LogP contribution is 2.20. The molecule has 2 N–H and O–H groups in total. The van der Waals surface area contributed by atoms with Gasteiger partial charge in [-0.05, 0) is 79.9 Å². The quantitative estimate of drug-likeness (QED) is 0.373. The van der Waals surface area contributed by atoms with Crippen LogP contribution in [0, 0.1) is 5.92 Å². The van der Waals surface area contributed by atoms with Crippen LogP contribution in [-0.2, 0) is 11.2 Å². The standard InChI is InChI=1S/C29H33N3O2S/c1-5-32(26-12-7-6-8-13-26)28(34)24-10-9-11-25(19-24)30-29(35)31-27(33)21(4)23-16-14-22(15-17-23)18-20(2)3/h6-17,19-21H,5,18H2,1-4H3,(H2,30,31,33,35). The fraction of sp³-hybridized carbons (Fsp3) is 0.276. The van der Waals surface area contributed by atoms with E-state index in [2.05, 4.69) is 36.6 Å². The molecule has 6 heteroatoms. The van der Waals surface area contributed by atoms with Gasteiger partial charge in [0.2, 0.25) is 5.91 Å². The van der Waals surface area contributed by atoms with Crippen LogP contribution < -0.4 is 15.5 Å². The Morgan fingerprint density at radius 1 is 0.914 bits per heavy atom. The van der Waals surface area contributed by atoms with Crippen LogP contribution in [0.15, 0.2) is 78.9 Å². The molecule has 0 saturated carbocycles. The summed E-state index contributed by atoms with van der Waals surface area (Å²) < 4.78 is 0. The van der Waals surface area contributed by atoms with Gasteiger partial charge in [-0.15, -0.1) is 0 Å². The number of thiocarbonyl (C=S) groups is 1. The molecule has 0 heterocycles. The van der Waals surface area contributed by atoms with Gasteiger partial charge < -0.3 is 15.5 Å². The molecule has 3 aromatic carbocycles. The summed E-state index contributed by atoms with van der Waals surface area (Å²) in [4.78, 5) is 27.6. The van der Waals surface area contributed by atoms with E-state index in [0.717, 1.165) is 17.7 Å². The van der Waals surface area contributed by atoms with E-state index in [-0.39, 0.29) is 22.8 Å². The van der Waals surface area contributed by atoms with E-state index >= 15 is 0 Å². The summed E-state index contributed by atoms with van der Waals surface area (Å²) in [6.45, 7) is 8.72. The van der Waals surface area contributed by atoms with Gasteiger partial charge in [0.1, 0.15) is 0 Å². The molecule has 0 aliphatic heterocycles. The maximum atomic E-state index is 13.1. The number of nitrogens with zero attached hydrogens (tertiary/aromatic N) is 1. The Bertz CT molecular complexity index is 1160. The number of anilines is 2. The Balaban J connectivity index is 1.62. The summed E-state index contributed by atoms with van der Waals surface area (Å²) in [6.07, 6.45) is 1.01. The maximum absolute atomic E-state index is 13.1. The van der Waals surface area contributed by atoms with Crippen LogP contribution in [0.5, 0.6) is 0 Å². The van der Waals surface area contributed by atoms with Gasteiger partial charge in [-0.25, -0.2) is 0 Å². The number of nitrogens with one attached hydrogen (secondary N) is 2.